The second-order valence-corrected chi connectivity index (χ2v) is 6.77. The molecule has 2 aromatic rings. The lowest BCUT2D eigenvalue weighted by molar-refractivity contribution is -0.109. The van der Waals surface area contributed by atoms with E-state index in [9.17, 15) is 14.4 Å². The van der Waals surface area contributed by atoms with Crippen LogP contribution in [-0.4, -0.2) is 37.0 Å². The van der Waals surface area contributed by atoms with Gasteiger partial charge >= 0.3 is 11.9 Å². The van der Waals surface area contributed by atoms with Crippen LogP contribution in [0.25, 0.3) is 11.1 Å². The Labute approximate surface area is 156 Å². The molecule has 0 amide bonds. The standard InChI is InChI=1S/C20H20O5S/c1-13(21)26-11-10-14-6-5-9-17(18(14)20(23)25-3)15-7-4-8-16(12-15)19(22)24-2/h4-9,12H,10-11H2,1-3H3. The predicted octanol–water partition coefficient (Wildman–Crippen LogP) is 3.75. The lowest BCUT2D eigenvalue weighted by Gasteiger charge is -2.14. The van der Waals surface area contributed by atoms with Crippen LogP contribution in [0.1, 0.15) is 33.2 Å². The molecule has 5 nitrogen and oxygen atoms in total. The Hall–Kier alpha value is -2.60. The van der Waals surface area contributed by atoms with Gasteiger partial charge in [0.05, 0.1) is 25.3 Å². The SMILES string of the molecule is COC(=O)c1cccc(-c2cccc(CCSC(C)=O)c2C(=O)OC)c1. The van der Waals surface area contributed by atoms with Gasteiger partial charge in [-0.2, -0.15) is 0 Å². The minimum atomic E-state index is -0.452. The molecular formula is C20H20O5S. The molecule has 0 aliphatic rings. The Morgan fingerprint density at radius 2 is 1.65 bits per heavy atom. The molecule has 0 spiro atoms. The highest BCUT2D eigenvalue weighted by Gasteiger charge is 2.19. The van der Waals surface area contributed by atoms with Crippen molar-refractivity contribution in [1.82, 2.24) is 0 Å². The number of ether oxygens (including phenoxy) is 2. The Morgan fingerprint density at radius 1 is 0.962 bits per heavy atom. The van der Waals surface area contributed by atoms with Gasteiger partial charge in [-0.05, 0) is 35.2 Å². The zero-order chi connectivity index (χ0) is 19.1. The first-order chi connectivity index (χ1) is 12.5. The molecule has 0 aliphatic heterocycles. The molecule has 2 aromatic carbocycles. The van der Waals surface area contributed by atoms with Crippen molar-refractivity contribution in [3.63, 3.8) is 0 Å². The van der Waals surface area contributed by atoms with Crippen molar-refractivity contribution < 1.29 is 23.9 Å². The van der Waals surface area contributed by atoms with Crippen LogP contribution >= 0.6 is 11.8 Å². The van der Waals surface area contributed by atoms with E-state index in [1.165, 1.54) is 32.9 Å². The lowest BCUT2D eigenvalue weighted by atomic mass is 9.93. The summed E-state index contributed by atoms with van der Waals surface area (Å²) in [7, 11) is 2.65. The van der Waals surface area contributed by atoms with Gasteiger partial charge in [-0.15, -0.1) is 0 Å². The van der Waals surface area contributed by atoms with E-state index in [-0.39, 0.29) is 5.12 Å². The lowest BCUT2D eigenvalue weighted by Crippen LogP contribution is -2.09. The quantitative estimate of drug-likeness (QED) is 0.720. The van der Waals surface area contributed by atoms with E-state index in [0.717, 1.165) is 11.1 Å². The van der Waals surface area contributed by atoms with Crippen LogP contribution in [0, 0.1) is 0 Å². The first-order valence-corrected chi connectivity index (χ1v) is 8.98. The smallest absolute Gasteiger partial charge is 0.338 e. The average Bonchev–Trinajstić information content (AvgIpc) is 2.66. The van der Waals surface area contributed by atoms with Gasteiger partial charge in [0.1, 0.15) is 0 Å². The van der Waals surface area contributed by atoms with Gasteiger partial charge < -0.3 is 9.47 Å². The summed E-state index contributed by atoms with van der Waals surface area (Å²) in [5.74, 6) is -0.322. The molecule has 26 heavy (non-hydrogen) atoms. The topological polar surface area (TPSA) is 69.7 Å². The van der Waals surface area contributed by atoms with Crippen LogP contribution in [-0.2, 0) is 20.7 Å². The number of hydrogen-bond acceptors (Lipinski definition) is 6. The van der Waals surface area contributed by atoms with Crippen LogP contribution in [0.15, 0.2) is 42.5 Å². The van der Waals surface area contributed by atoms with Gasteiger partial charge in [-0.25, -0.2) is 9.59 Å². The molecule has 0 aromatic heterocycles. The summed E-state index contributed by atoms with van der Waals surface area (Å²) >= 11 is 1.21. The van der Waals surface area contributed by atoms with Crippen LogP contribution in [0.3, 0.4) is 0 Å². The number of thioether (sulfide) groups is 1. The van der Waals surface area contributed by atoms with Crippen LogP contribution in [0.5, 0.6) is 0 Å². The summed E-state index contributed by atoms with van der Waals surface area (Å²) in [6.45, 7) is 1.51. The van der Waals surface area contributed by atoms with Crippen molar-refractivity contribution >= 4 is 28.8 Å². The summed E-state index contributed by atoms with van der Waals surface area (Å²) in [4.78, 5) is 35.4. The molecule has 0 unspecified atom stereocenters. The minimum Gasteiger partial charge on any atom is -0.465 e. The normalized spacial score (nSPS) is 10.3. The Bertz CT molecular complexity index is 829. The monoisotopic (exact) mass is 372 g/mol. The van der Waals surface area contributed by atoms with Gasteiger partial charge in [0.25, 0.3) is 0 Å². The van der Waals surface area contributed by atoms with Gasteiger partial charge in [0.15, 0.2) is 5.12 Å². The molecule has 0 fully saturated rings. The molecule has 0 N–H and O–H groups in total. The maximum absolute atomic E-state index is 12.4. The first kappa shape index (κ1) is 19.7. The summed E-state index contributed by atoms with van der Waals surface area (Å²) in [6.07, 6.45) is 0.555. The molecule has 0 aliphatic carbocycles. The Morgan fingerprint density at radius 3 is 2.31 bits per heavy atom. The van der Waals surface area contributed by atoms with Crippen molar-refractivity contribution in [1.29, 1.82) is 0 Å². The molecular weight excluding hydrogens is 352 g/mol. The Balaban J connectivity index is 2.49. The van der Waals surface area contributed by atoms with E-state index >= 15 is 0 Å². The first-order valence-electron chi connectivity index (χ1n) is 8.00. The van der Waals surface area contributed by atoms with Crippen molar-refractivity contribution in [2.75, 3.05) is 20.0 Å². The second-order valence-electron chi connectivity index (χ2n) is 5.49. The largest absolute Gasteiger partial charge is 0.465 e. The van der Waals surface area contributed by atoms with E-state index in [2.05, 4.69) is 0 Å². The number of aryl methyl sites for hydroxylation is 1. The number of hydrogen-bond donors (Lipinski definition) is 0. The third-order valence-electron chi connectivity index (χ3n) is 3.81. The van der Waals surface area contributed by atoms with Crippen molar-refractivity contribution in [2.24, 2.45) is 0 Å². The molecule has 0 bridgehead atoms. The van der Waals surface area contributed by atoms with E-state index in [1.807, 2.05) is 24.3 Å². The molecule has 0 atom stereocenters. The highest BCUT2D eigenvalue weighted by Crippen LogP contribution is 2.29. The van der Waals surface area contributed by atoms with Crippen LogP contribution in [0.2, 0.25) is 0 Å². The zero-order valence-electron chi connectivity index (χ0n) is 14.9. The number of benzene rings is 2. The molecule has 0 saturated carbocycles. The summed E-state index contributed by atoms with van der Waals surface area (Å²) < 4.78 is 9.72. The molecule has 0 radical (unpaired) electrons. The van der Waals surface area contributed by atoms with E-state index < -0.39 is 11.9 Å². The van der Waals surface area contributed by atoms with Gasteiger partial charge in [-0.3, -0.25) is 4.79 Å². The maximum Gasteiger partial charge on any atom is 0.338 e. The molecule has 136 valence electrons. The number of rotatable bonds is 6. The summed E-state index contributed by atoms with van der Waals surface area (Å²) in [5, 5.41) is 0.0338. The molecule has 0 saturated heterocycles. The van der Waals surface area contributed by atoms with Crippen LogP contribution in [0.4, 0.5) is 0 Å². The molecule has 0 heterocycles. The average molecular weight is 372 g/mol. The number of methoxy groups -OCH3 is 2. The van der Waals surface area contributed by atoms with Crippen LogP contribution < -0.4 is 0 Å². The highest BCUT2D eigenvalue weighted by atomic mass is 32.2. The predicted molar refractivity (Wildman–Crippen MR) is 101 cm³/mol. The fourth-order valence-corrected chi connectivity index (χ4v) is 3.24. The molecule has 6 heteroatoms. The minimum absolute atomic E-state index is 0.0338. The van der Waals surface area contributed by atoms with E-state index in [1.54, 1.807) is 18.2 Å². The number of carbonyl (C=O) groups excluding carboxylic acids is 3. The second kappa shape index (κ2) is 9.20. The summed E-state index contributed by atoms with van der Waals surface area (Å²) in [6, 6.07) is 12.4. The highest BCUT2D eigenvalue weighted by molar-refractivity contribution is 8.13. The van der Waals surface area contributed by atoms with E-state index in [4.69, 9.17) is 9.47 Å². The van der Waals surface area contributed by atoms with Crippen molar-refractivity contribution in [3.8, 4) is 11.1 Å². The number of esters is 2. The summed E-state index contributed by atoms with van der Waals surface area (Å²) in [5.41, 5.74) is 3.04. The fraction of sp³-hybridized carbons (Fsp3) is 0.250. The van der Waals surface area contributed by atoms with Gasteiger partial charge in [0.2, 0.25) is 0 Å². The van der Waals surface area contributed by atoms with Crippen molar-refractivity contribution in [2.45, 2.75) is 13.3 Å². The molecule has 2 rings (SSSR count). The third-order valence-corrected chi connectivity index (χ3v) is 4.63. The fourth-order valence-electron chi connectivity index (χ4n) is 2.63. The van der Waals surface area contributed by atoms with Gasteiger partial charge in [-0.1, -0.05) is 42.1 Å². The van der Waals surface area contributed by atoms with Gasteiger partial charge in [0, 0.05) is 12.7 Å². The van der Waals surface area contributed by atoms with Crippen molar-refractivity contribution in [3.05, 3.63) is 59.2 Å². The Kier molecular flexibility index (Phi) is 6.97. The maximum atomic E-state index is 12.4. The zero-order valence-corrected chi connectivity index (χ0v) is 15.7. The number of carbonyl (C=O) groups is 3. The van der Waals surface area contributed by atoms with E-state index in [0.29, 0.717) is 28.9 Å². The third kappa shape index (κ3) is 4.73.